The zero-order chi connectivity index (χ0) is 12.7. The summed E-state index contributed by atoms with van der Waals surface area (Å²) in [5, 5.41) is 3.44. The van der Waals surface area contributed by atoms with Crippen LogP contribution in [-0.2, 0) is 4.74 Å². The highest BCUT2D eigenvalue weighted by Gasteiger charge is 1.99. The van der Waals surface area contributed by atoms with E-state index < -0.39 is 0 Å². The summed E-state index contributed by atoms with van der Waals surface area (Å²) in [6.07, 6.45) is 0. The lowest BCUT2D eigenvalue weighted by Gasteiger charge is -2.11. The van der Waals surface area contributed by atoms with Crippen molar-refractivity contribution in [2.24, 2.45) is 0 Å². The van der Waals surface area contributed by atoms with Gasteiger partial charge in [-0.3, -0.25) is 10.9 Å². The van der Waals surface area contributed by atoms with Crippen LogP contribution in [0.25, 0.3) is 0 Å². The number of hydrogen-bond acceptors (Lipinski definition) is 5. The minimum atomic E-state index is 0.477. The van der Waals surface area contributed by atoms with Crippen LogP contribution in [0.1, 0.15) is 11.4 Å². The Morgan fingerprint density at radius 1 is 1.35 bits per heavy atom. The fraction of sp³-hybridized carbons (Fsp3) is 0.500. The van der Waals surface area contributed by atoms with E-state index in [4.69, 9.17) is 17.0 Å². The van der Waals surface area contributed by atoms with Gasteiger partial charge < -0.3 is 10.1 Å². The van der Waals surface area contributed by atoms with Crippen LogP contribution in [0.4, 0.5) is 5.95 Å². The summed E-state index contributed by atoms with van der Waals surface area (Å²) in [6.45, 7) is 5.07. The number of hydrazine groups is 1. The van der Waals surface area contributed by atoms with Gasteiger partial charge in [0.2, 0.25) is 5.95 Å². The number of thiocarbonyl (C=S) groups is 1. The fourth-order valence-corrected chi connectivity index (χ4v) is 1.36. The molecule has 0 aliphatic carbocycles. The van der Waals surface area contributed by atoms with Gasteiger partial charge in [-0.05, 0) is 32.1 Å². The molecule has 1 rings (SSSR count). The third kappa shape index (κ3) is 5.41. The van der Waals surface area contributed by atoms with Crippen LogP contribution < -0.4 is 16.2 Å². The lowest BCUT2D eigenvalue weighted by atomic mass is 10.4. The fourth-order valence-electron chi connectivity index (χ4n) is 1.21. The van der Waals surface area contributed by atoms with Crippen molar-refractivity contribution in [3.05, 3.63) is 17.5 Å². The molecule has 0 bridgehead atoms. The predicted octanol–water partition coefficient (Wildman–Crippen LogP) is 0.531. The zero-order valence-corrected chi connectivity index (χ0v) is 11.0. The third-order valence-corrected chi connectivity index (χ3v) is 2.11. The number of nitrogens with zero attached hydrogens (tertiary/aromatic N) is 2. The minimum Gasteiger partial charge on any atom is -0.383 e. The van der Waals surface area contributed by atoms with Gasteiger partial charge in [0.1, 0.15) is 0 Å². The van der Waals surface area contributed by atoms with Crippen molar-refractivity contribution in [3.63, 3.8) is 0 Å². The van der Waals surface area contributed by atoms with Crippen molar-refractivity contribution < 1.29 is 4.74 Å². The number of nitrogens with one attached hydrogen (secondary N) is 3. The van der Waals surface area contributed by atoms with Crippen molar-refractivity contribution in [1.82, 2.24) is 20.7 Å². The molecule has 0 aliphatic rings. The van der Waals surface area contributed by atoms with E-state index in [1.54, 1.807) is 7.11 Å². The van der Waals surface area contributed by atoms with Gasteiger partial charge in [-0.25, -0.2) is 9.97 Å². The maximum Gasteiger partial charge on any atom is 0.242 e. The summed E-state index contributed by atoms with van der Waals surface area (Å²) in [5.41, 5.74) is 7.44. The SMILES string of the molecule is COCCNC(=S)NNc1nc(C)cc(C)n1. The first-order valence-corrected chi connectivity index (χ1v) is 5.63. The third-order valence-electron chi connectivity index (χ3n) is 1.86. The van der Waals surface area contributed by atoms with E-state index in [1.165, 1.54) is 0 Å². The van der Waals surface area contributed by atoms with Crippen LogP contribution in [0.2, 0.25) is 0 Å². The molecule has 0 aromatic carbocycles. The lowest BCUT2D eigenvalue weighted by molar-refractivity contribution is 0.204. The first kappa shape index (κ1) is 13.6. The van der Waals surface area contributed by atoms with E-state index in [9.17, 15) is 0 Å². The average molecular weight is 255 g/mol. The molecule has 0 saturated carbocycles. The molecular formula is C10H17N5OS. The van der Waals surface area contributed by atoms with E-state index in [2.05, 4.69) is 26.1 Å². The Morgan fingerprint density at radius 3 is 2.59 bits per heavy atom. The number of aryl methyl sites for hydroxylation is 2. The molecule has 1 aromatic heterocycles. The smallest absolute Gasteiger partial charge is 0.242 e. The molecular weight excluding hydrogens is 238 g/mol. The molecule has 0 saturated heterocycles. The quantitative estimate of drug-likeness (QED) is 0.403. The second kappa shape index (κ2) is 6.97. The standard InChI is InChI=1S/C10H17N5OS/c1-7-6-8(2)13-9(12-7)14-15-10(17)11-4-5-16-3/h6H,4-5H2,1-3H3,(H2,11,15,17)(H,12,13,14). The highest BCUT2D eigenvalue weighted by atomic mass is 32.1. The summed E-state index contributed by atoms with van der Waals surface area (Å²) in [6, 6.07) is 1.90. The number of aromatic nitrogens is 2. The van der Waals surface area contributed by atoms with Crippen molar-refractivity contribution in [1.29, 1.82) is 0 Å². The lowest BCUT2D eigenvalue weighted by Crippen LogP contribution is -2.40. The molecule has 1 heterocycles. The Bertz CT molecular complexity index is 365. The van der Waals surface area contributed by atoms with Gasteiger partial charge in [0, 0.05) is 25.0 Å². The predicted molar refractivity (Wildman–Crippen MR) is 70.7 cm³/mol. The highest BCUT2D eigenvalue weighted by molar-refractivity contribution is 7.80. The van der Waals surface area contributed by atoms with Crippen molar-refractivity contribution >= 4 is 23.3 Å². The van der Waals surface area contributed by atoms with Gasteiger partial charge in [-0.1, -0.05) is 0 Å². The average Bonchev–Trinajstić information content (AvgIpc) is 2.25. The van der Waals surface area contributed by atoms with E-state index in [0.717, 1.165) is 11.4 Å². The van der Waals surface area contributed by atoms with E-state index >= 15 is 0 Å². The van der Waals surface area contributed by atoms with Crippen molar-refractivity contribution in [2.75, 3.05) is 25.7 Å². The molecule has 7 heteroatoms. The molecule has 0 amide bonds. The van der Waals surface area contributed by atoms with Crippen LogP contribution >= 0.6 is 12.2 Å². The largest absolute Gasteiger partial charge is 0.383 e. The molecule has 0 spiro atoms. The Hall–Kier alpha value is -1.47. The van der Waals surface area contributed by atoms with Gasteiger partial charge in [0.25, 0.3) is 0 Å². The molecule has 0 unspecified atom stereocenters. The normalized spacial score (nSPS) is 9.82. The minimum absolute atomic E-state index is 0.477. The monoisotopic (exact) mass is 255 g/mol. The Morgan fingerprint density at radius 2 is 2.00 bits per heavy atom. The number of rotatable bonds is 5. The number of hydrogen-bond donors (Lipinski definition) is 3. The molecule has 0 aliphatic heterocycles. The number of methoxy groups -OCH3 is 1. The maximum absolute atomic E-state index is 5.04. The van der Waals surface area contributed by atoms with Gasteiger partial charge >= 0.3 is 0 Å². The second-order valence-electron chi connectivity index (χ2n) is 3.47. The number of anilines is 1. The van der Waals surface area contributed by atoms with Crippen LogP contribution in [0, 0.1) is 13.8 Å². The second-order valence-corrected chi connectivity index (χ2v) is 3.88. The van der Waals surface area contributed by atoms with Crippen molar-refractivity contribution in [2.45, 2.75) is 13.8 Å². The topological polar surface area (TPSA) is 71.1 Å². The molecule has 0 radical (unpaired) electrons. The first-order valence-electron chi connectivity index (χ1n) is 5.23. The Labute approximate surface area is 106 Å². The maximum atomic E-state index is 5.04. The van der Waals surface area contributed by atoms with Gasteiger partial charge in [0.15, 0.2) is 5.11 Å². The molecule has 1 aromatic rings. The van der Waals surface area contributed by atoms with Gasteiger partial charge in [-0.2, -0.15) is 0 Å². The van der Waals surface area contributed by atoms with Crippen LogP contribution in [-0.4, -0.2) is 35.3 Å². The van der Waals surface area contributed by atoms with E-state index in [1.807, 2.05) is 19.9 Å². The molecule has 94 valence electrons. The van der Waals surface area contributed by atoms with Crippen LogP contribution in [0.5, 0.6) is 0 Å². The van der Waals surface area contributed by atoms with Crippen LogP contribution in [0.15, 0.2) is 6.07 Å². The molecule has 0 atom stereocenters. The molecule has 3 N–H and O–H groups in total. The Balaban J connectivity index is 2.36. The summed E-state index contributed by atoms with van der Waals surface area (Å²) < 4.78 is 4.89. The van der Waals surface area contributed by atoms with Crippen LogP contribution in [0.3, 0.4) is 0 Å². The number of ether oxygens (including phenoxy) is 1. The molecule has 0 fully saturated rings. The summed E-state index contributed by atoms with van der Waals surface area (Å²) in [4.78, 5) is 8.41. The Kier molecular flexibility index (Phi) is 5.58. The summed E-state index contributed by atoms with van der Waals surface area (Å²) in [5.74, 6) is 0.499. The zero-order valence-electron chi connectivity index (χ0n) is 10.2. The first-order chi connectivity index (χ1) is 8.11. The van der Waals surface area contributed by atoms with Crippen molar-refractivity contribution in [3.8, 4) is 0 Å². The molecule has 17 heavy (non-hydrogen) atoms. The summed E-state index contributed by atoms with van der Waals surface area (Å²) in [7, 11) is 1.64. The highest BCUT2D eigenvalue weighted by Crippen LogP contribution is 2.01. The van der Waals surface area contributed by atoms with Gasteiger partial charge in [-0.15, -0.1) is 0 Å². The van der Waals surface area contributed by atoms with E-state index in [-0.39, 0.29) is 0 Å². The summed E-state index contributed by atoms with van der Waals surface area (Å²) >= 11 is 5.04. The van der Waals surface area contributed by atoms with Gasteiger partial charge in [0.05, 0.1) is 6.61 Å². The molecule has 6 nitrogen and oxygen atoms in total. The van der Waals surface area contributed by atoms with E-state index in [0.29, 0.717) is 24.2 Å².